The van der Waals surface area contributed by atoms with Crippen LogP contribution in [0.3, 0.4) is 0 Å². The second kappa shape index (κ2) is 8.13. The molecule has 0 bridgehead atoms. The number of hydrogen-bond acceptors (Lipinski definition) is 4. The summed E-state index contributed by atoms with van der Waals surface area (Å²) in [4.78, 5) is 11.8. The number of anilines is 2. The lowest BCUT2D eigenvalue weighted by molar-refractivity contribution is -0.114. The average Bonchev–Trinajstić information content (AvgIpc) is 2.55. The molecule has 0 aliphatic rings. The summed E-state index contributed by atoms with van der Waals surface area (Å²) in [6, 6.07) is 12.5. The first-order valence-corrected chi connectivity index (χ1v) is 7.14. The van der Waals surface area contributed by atoms with Gasteiger partial charge in [0.1, 0.15) is 5.75 Å². The van der Waals surface area contributed by atoms with Gasteiger partial charge in [0.2, 0.25) is 5.91 Å². The van der Waals surface area contributed by atoms with Crippen molar-refractivity contribution in [2.45, 2.75) is 6.61 Å². The Bertz CT molecular complexity index is 761. The number of rotatable bonds is 6. The number of carbonyl (C=O) groups excluding carboxylic acids is 1. The summed E-state index contributed by atoms with van der Waals surface area (Å²) in [6.07, 6.45) is 0. The van der Waals surface area contributed by atoms with Crippen LogP contribution in [0.2, 0.25) is 5.02 Å². The molecular formula is C16H12ClF2N3O2. The van der Waals surface area contributed by atoms with Gasteiger partial charge in [0, 0.05) is 11.4 Å². The Hall–Kier alpha value is -2.85. The molecule has 24 heavy (non-hydrogen) atoms. The molecule has 2 aromatic carbocycles. The van der Waals surface area contributed by atoms with E-state index in [1.54, 1.807) is 24.3 Å². The number of alkyl halides is 2. The third-order valence-corrected chi connectivity index (χ3v) is 3.19. The zero-order valence-corrected chi connectivity index (χ0v) is 13.0. The first-order chi connectivity index (χ1) is 11.5. The fraction of sp³-hybridized carbons (Fsp3) is 0.125. The van der Waals surface area contributed by atoms with Crippen LogP contribution in [-0.2, 0) is 4.79 Å². The van der Waals surface area contributed by atoms with E-state index in [0.717, 1.165) is 0 Å². The highest BCUT2D eigenvalue weighted by Crippen LogP contribution is 2.28. The third-order valence-electron chi connectivity index (χ3n) is 2.90. The third kappa shape index (κ3) is 5.11. The Kier molecular flexibility index (Phi) is 5.93. The summed E-state index contributed by atoms with van der Waals surface area (Å²) in [6.45, 7) is -3.01. The van der Waals surface area contributed by atoms with Crippen molar-refractivity contribution in [2.24, 2.45) is 0 Å². The van der Waals surface area contributed by atoms with Gasteiger partial charge < -0.3 is 15.4 Å². The van der Waals surface area contributed by atoms with Gasteiger partial charge in [-0.15, -0.1) is 0 Å². The van der Waals surface area contributed by atoms with Gasteiger partial charge in [0.05, 0.1) is 23.2 Å². The van der Waals surface area contributed by atoms with Crippen LogP contribution in [0.5, 0.6) is 5.75 Å². The van der Waals surface area contributed by atoms with Crippen LogP contribution in [0.25, 0.3) is 0 Å². The van der Waals surface area contributed by atoms with Crippen molar-refractivity contribution < 1.29 is 18.3 Å². The molecule has 0 spiro atoms. The smallest absolute Gasteiger partial charge is 0.387 e. The Morgan fingerprint density at radius 1 is 1.21 bits per heavy atom. The lowest BCUT2D eigenvalue weighted by atomic mass is 10.2. The summed E-state index contributed by atoms with van der Waals surface area (Å²) in [5.41, 5.74) is 1.53. The van der Waals surface area contributed by atoms with Gasteiger partial charge in [-0.05, 0) is 42.5 Å². The molecule has 1 amide bonds. The van der Waals surface area contributed by atoms with Crippen LogP contribution in [0.4, 0.5) is 20.2 Å². The number of carbonyl (C=O) groups is 1. The molecule has 2 N–H and O–H groups in total. The van der Waals surface area contributed by atoms with Crippen molar-refractivity contribution in [3.05, 3.63) is 53.1 Å². The minimum absolute atomic E-state index is 0.00722. The maximum Gasteiger partial charge on any atom is 0.387 e. The van der Waals surface area contributed by atoms with Crippen LogP contribution < -0.4 is 15.4 Å². The lowest BCUT2D eigenvalue weighted by Gasteiger charge is -2.10. The van der Waals surface area contributed by atoms with E-state index in [0.29, 0.717) is 16.9 Å². The van der Waals surface area contributed by atoms with Crippen LogP contribution in [0, 0.1) is 11.3 Å². The summed E-state index contributed by atoms with van der Waals surface area (Å²) >= 11 is 5.82. The molecule has 0 heterocycles. The van der Waals surface area contributed by atoms with Crippen molar-refractivity contribution in [1.82, 2.24) is 0 Å². The molecule has 2 rings (SSSR count). The van der Waals surface area contributed by atoms with E-state index in [1.807, 2.05) is 6.07 Å². The molecule has 0 aromatic heterocycles. The maximum absolute atomic E-state index is 12.1. The fourth-order valence-corrected chi connectivity index (χ4v) is 2.04. The summed E-state index contributed by atoms with van der Waals surface area (Å²) in [7, 11) is 0. The predicted octanol–water partition coefficient (Wildman–Crippen LogP) is 3.86. The van der Waals surface area contributed by atoms with Crippen LogP contribution in [-0.4, -0.2) is 19.1 Å². The van der Waals surface area contributed by atoms with E-state index < -0.39 is 6.61 Å². The maximum atomic E-state index is 12.1. The average molecular weight is 352 g/mol. The quantitative estimate of drug-likeness (QED) is 0.828. The number of benzene rings is 2. The molecule has 0 radical (unpaired) electrons. The Balaban J connectivity index is 1.89. The molecule has 0 atom stereocenters. The van der Waals surface area contributed by atoms with Gasteiger partial charge in [0.15, 0.2) is 0 Å². The number of amides is 1. The molecule has 8 heteroatoms. The van der Waals surface area contributed by atoms with Gasteiger partial charge in [-0.2, -0.15) is 14.0 Å². The fourth-order valence-electron chi connectivity index (χ4n) is 1.82. The van der Waals surface area contributed by atoms with Crippen LogP contribution in [0.15, 0.2) is 42.5 Å². The van der Waals surface area contributed by atoms with E-state index in [-0.39, 0.29) is 23.2 Å². The molecule has 124 valence electrons. The number of ether oxygens (including phenoxy) is 1. The van der Waals surface area contributed by atoms with E-state index in [4.69, 9.17) is 16.9 Å². The van der Waals surface area contributed by atoms with Crippen molar-refractivity contribution in [2.75, 3.05) is 17.2 Å². The van der Waals surface area contributed by atoms with E-state index in [9.17, 15) is 13.6 Å². The number of halogens is 3. The summed E-state index contributed by atoms with van der Waals surface area (Å²) in [5, 5.41) is 14.2. The molecule has 0 unspecified atom stereocenters. The SMILES string of the molecule is N#Cc1ccc(NC(=O)CNc2ccc(OC(F)F)c(Cl)c2)cc1. The highest BCUT2D eigenvalue weighted by atomic mass is 35.5. The highest BCUT2D eigenvalue weighted by Gasteiger charge is 2.09. The zero-order valence-electron chi connectivity index (χ0n) is 12.2. The predicted molar refractivity (Wildman–Crippen MR) is 86.4 cm³/mol. The zero-order chi connectivity index (χ0) is 17.5. The lowest BCUT2D eigenvalue weighted by Crippen LogP contribution is -2.21. The standard InChI is InChI=1S/C16H12ClF2N3O2/c17-13-7-12(5-6-14(13)24-16(18)19)21-9-15(23)22-11-3-1-10(8-20)2-4-11/h1-7,16,21H,9H2,(H,22,23). The Labute approximate surface area is 141 Å². The molecular weight excluding hydrogens is 340 g/mol. The summed E-state index contributed by atoms with van der Waals surface area (Å²) < 4.78 is 28.5. The molecule has 0 saturated heterocycles. The number of nitrogens with zero attached hydrogens (tertiary/aromatic N) is 1. The first kappa shape index (κ1) is 17.5. The van der Waals surface area contributed by atoms with E-state index >= 15 is 0 Å². The topological polar surface area (TPSA) is 74.2 Å². The second-order valence-corrected chi connectivity index (χ2v) is 5.02. The van der Waals surface area contributed by atoms with Crippen LogP contribution in [0.1, 0.15) is 5.56 Å². The van der Waals surface area contributed by atoms with Gasteiger partial charge in [0.25, 0.3) is 0 Å². The van der Waals surface area contributed by atoms with Gasteiger partial charge >= 0.3 is 6.61 Å². The minimum atomic E-state index is -2.96. The number of hydrogen-bond donors (Lipinski definition) is 2. The normalized spacial score (nSPS) is 10.1. The Morgan fingerprint density at radius 3 is 2.46 bits per heavy atom. The number of nitriles is 1. The van der Waals surface area contributed by atoms with Crippen molar-refractivity contribution in [1.29, 1.82) is 5.26 Å². The van der Waals surface area contributed by atoms with Crippen molar-refractivity contribution in [3.8, 4) is 11.8 Å². The monoisotopic (exact) mass is 351 g/mol. The van der Waals surface area contributed by atoms with E-state index in [2.05, 4.69) is 15.4 Å². The van der Waals surface area contributed by atoms with Crippen molar-refractivity contribution >= 4 is 28.9 Å². The largest absolute Gasteiger partial charge is 0.433 e. The number of nitrogens with one attached hydrogen (secondary N) is 2. The molecule has 0 fully saturated rings. The molecule has 5 nitrogen and oxygen atoms in total. The molecule has 0 aliphatic carbocycles. The first-order valence-electron chi connectivity index (χ1n) is 6.76. The summed E-state index contributed by atoms with van der Waals surface area (Å²) in [5.74, 6) is -0.456. The molecule has 2 aromatic rings. The molecule has 0 aliphatic heterocycles. The van der Waals surface area contributed by atoms with Gasteiger partial charge in [-0.25, -0.2) is 0 Å². The Morgan fingerprint density at radius 2 is 1.88 bits per heavy atom. The minimum Gasteiger partial charge on any atom is -0.433 e. The van der Waals surface area contributed by atoms with Gasteiger partial charge in [-0.3, -0.25) is 4.79 Å². The highest BCUT2D eigenvalue weighted by molar-refractivity contribution is 6.32. The second-order valence-electron chi connectivity index (χ2n) is 4.61. The van der Waals surface area contributed by atoms with Crippen LogP contribution >= 0.6 is 11.6 Å². The molecule has 0 saturated carbocycles. The van der Waals surface area contributed by atoms with Crippen molar-refractivity contribution in [3.63, 3.8) is 0 Å². The van der Waals surface area contributed by atoms with Gasteiger partial charge in [-0.1, -0.05) is 11.6 Å². The van der Waals surface area contributed by atoms with E-state index in [1.165, 1.54) is 18.2 Å².